The van der Waals surface area contributed by atoms with Crippen LogP contribution in [0, 0.1) is 11.8 Å². The number of Topliss-reactive ketones (excluding diaryl/α,β-unsaturated/α-hetero) is 1. The molecule has 0 aromatic carbocycles. The molecule has 7 N–H and O–H groups in total. The summed E-state index contributed by atoms with van der Waals surface area (Å²) in [5.41, 5.74) is 11.2. The van der Waals surface area contributed by atoms with Crippen LogP contribution >= 0.6 is 0 Å². The minimum absolute atomic E-state index is 0.215. The first kappa shape index (κ1) is 23.5. The molecule has 0 bridgehead atoms. The molecule has 8 heteroatoms. The van der Waals surface area contributed by atoms with Crippen molar-refractivity contribution in [1.82, 2.24) is 10.6 Å². The molecule has 1 saturated carbocycles. The molecule has 1 rings (SSSR count). The third-order valence-corrected chi connectivity index (χ3v) is 5.36. The Bertz CT molecular complexity index is 492. The van der Waals surface area contributed by atoms with Gasteiger partial charge in [-0.3, -0.25) is 14.4 Å². The topological polar surface area (TPSA) is 148 Å². The first-order valence-electron chi connectivity index (χ1n) is 10.0. The van der Waals surface area contributed by atoms with E-state index in [0.29, 0.717) is 19.4 Å². The summed E-state index contributed by atoms with van der Waals surface area (Å²) in [6, 6.07) is -1.85. The summed E-state index contributed by atoms with van der Waals surface area (Å²) in [5, 5.41) is 15.3. The van der Waals surface area contributed by atoms with Gasteiger partial charge >= 0.3 is 0 Å². The second-order valence-corrected chi connectivity index (χ2v) is 7.56. The fraction of sp³-hybridized carbons (Fsp3) is 0.842. The van der Waals surface area contributed by atoms with Crippen LogP contribution in [0.5, 0.6) is 0 Å². The lowest BCUT2D eigenvalue weighted by atomic mass is 9.78. The van der Waals surface area contributed by atoms with E-state index in [0.717, 1.165) is 25.7 Å². The predicted molar refractivity (Wildman–Crippen MR) is 104 cm³/mol. The van der Waals surface area contributed by atoms with Gasteiger partial charge in [-0.1, -0.05) is 19.3 Å². The van der Waals surface area contributed by atoms with Gasteiger partial charge in [-0.25, -0.2) is 0 Å². The Morgan fingerprint density at radius 1 is 1.00 bits per heavy atom. The molecule has 27 heavy (non-hydrogen) atoms. The number of aliphatic hydroxyl groups is 1. The molecule has 0 heterocycles. The van der Waals surface area contributed by atoms with E-state index >= 15 is 0 Å². The summed E-state index contributed by atoms with van der Waals surface area (Å²) < 4.78 is 0. The summed E-state index contributed by atoms with van der Waals surface area (Å²) >= 11 is 0. The summed E-state index contributed by atoms with van der Waals surface area (Å²) in [5.74, 6) is -1.07. The maximum Gasteiger partial charge on any atom is 0.245 e. The molecule has 4 atom stereocenters. The molecule has 0 aromatic heterocycles. The molecule has 1 fully saturated rings. The number of hydrogen-bond acceptors (Lipinski definition) is 6. The van der Waals surface area contributed by atoms with E-state index in [1.807, 2.05) is 0 Å². The van der Waals surface area contributed by atoms with Gasteiger partial charge in [0.2, 0.25) is 11.8 Å². The van der Waals surface area contributed by atoms with Crippen molar-refractivity contribution in [1.29, 1.82) is 0 Å². The molecule has 0 aliphatic heterocycles. The molecule has 2 unspecified atom stereocenters. The number of rotatable bonds is 11. The largest absolute Gasteiger partial charge is 0.391 e. The smallest absolute Gasteiger partial charge is 0.245 e. The van der Waals surface area contributed by atoms with Crippen molar-refractivity contribution in [2.24, 2.45) is 23.3 Å². The number of nitrogens with two attached hydrogens (primary N) is 2. The van der Waals surface area contributed by atoms with Gasteiger partial charge in [0.05, 0.1) is 12.1 Å². The second kappa shape index (κ2) is 12.0. The van der Waals surface area contributed by atoms with Crippen LogP contribution in [0.1, 0.15) is 58.8 Å². The number of amides is 2. The van der Waals surface area contributed by atoms with Crippen molar-refractivity contribution in [2.45, 2.75) is 77.0 Å². The van der Waals surface area contributed by atoms with Gasteiger partial charge in [0.25, 0.3) is 0 Å². The van der Waals surface area contributed by atoms with Crippen molar-refractivity contribution in [3.05, 3.63) is 0 Å². The third kappa shape index (κ3) is 7.56. The molecule has 0 aromatic rings. The van der Waals surface area contributed by atoms with E-state index in [1.54, 1.807) is 0 Å². The van der Waals surface area contributed by atoms with E-state index in [9.17, 15) is 19.5 Å². The minimum atomic E-state index is -1.12. The van der Waals surface area contributed by atoms with Crippen LogP contribution in [-0.4, -0.2) is 54.0 Å². The summed E-state index contributed by atoms with van der Waals surface area (Å²) in [6.07, 6.45) is 5.09. The van der Waals surface area contributed by atoms with Gasteiger partial charge in [-0.2, -0.15) is 0 Å². The van der Waals surface area contributed by atoms with Crippen LogP contribution in [0.4, 0.5) is 0 Å². The number of ketones is 1. The third-order valence-electron chi connectivity index (χ3n) is 5.36. The van der Waals surface area contributed by atoms with Crippen LogP contribution in [0.15, 0.2) is 0 Å². The Hall–Kier alpha value is -1.51. The lowest BCUT2D eigenvalue weighted by Crippen LogP contribution is -2.57. The number of aliphatic hydroxyl groups excluding tert-OH is 1. The Kier molecular flexibility index (Phi) is 10.5. The van der Waals surface area contributed by atoms with Crippen LogP contribution in [-0.2, 0) is 14.4 Å². The molecule has 0 spiro atoms. The van der Waals surface area contributed by atoms with Gasteiger partial charge in [-0.15, -0.1) is 0 Å². The van der Waals surface area contributed by atoms with Crippen LogP contribution < -0.4 is 22.1 Å². The normalized spacial score (nSPS) is 19.6. The SMILES string of the molecule is CC(=O)[C@H](CCN)NC(=O)[C@@H](NC(=O)C(CCN)C1CCCCC1)C(C)O. The van der Waals surface area contributed by atoms with Gasteiger partial charge in [-0.05, 0) is 58.5 Å². The summed E-state index contributed by atoms with van der Waals surface area (Å²) in [7, 11) is 0. The maximum atomic E-state index is 12.9. The minimum Gasteiger partial charge on any atom is -0.391 e. The Morgan fingerprint density at radius 2 is 1.59 bits per heavy atom. The molecular weight excluding hydrogens is 348 g/mol. The van der Waals surface area contributed by atoms with Crippen LogP contribution in [0.3, 0.4) is 0 Å². The zero-order valence-electron chi connectivity index (χ0n) is 16.6. The summed E-state index contributed by atoms with van der Waals surface area (Å²) in [4.78, 5) is 37.1. The average molecular weight is 385 g/mol. The van der Waals surface area contributed by atoms with Gasteiger partial charge in [0, 0.05) is 5.92 Å². The van der Waals surface area contributed by atoms with E-state index in [4.69, 9.17) is 11.5 Å². The first-order valence-corrected chi connectivity index (χ1v) is 10.0. The van der Waals surface area contributed by atoms with Crippen molar-refractivity contribution < 1.29 is 19.5 Å². The number of carbonyl (C=O) groups excluding carboxylic acids is 3. The molecule has 8 nitrogen and oxygen atoms in total. The maximum absolute atomic E-state index is 12.9. The van der Waals surface area contributed by atoms with Crippen molar-refractivity contribution in [2.75, 3.05) is 13.1 Å². The highest BCUT2D eigenvalue weighted by Crippen LogP contribution is 2.31. The lowest BCUT2D eigenvalue weighted by molar-refractivity contribution is -0.136. The molecular formula is C19H36N4O4. The number of carbonyl (C=O) groups is 3. The Morgan fingerprint density at radius 3 is 2.07 bits per heavy atom. The van der Waals surface area contributed by atoms with Crippen molar-refractivity contribution in [3.8, 4) is 0 Å². The van der Waals surface area contributed by atoms with Crippen LogP contribution in [0.2, 0.25) is 0 Å². The molecule has 1 aliphatic carbocycles. The van der Waals surface area contributed by atoms with E-state index in [1.165, 1.54) is 20.3 Å². The van der Waals surface area contributed by atoms with Crippen molar-refractivity contribution in [3.63, 3.8) is 0 Å². The zero-order valence-corrected chi connectivity index (χ0v) is 16.6. The van der Waals surface area contributed by atoms with Gasteiger partial charge in [0.1, 0.15) is 6.04 Å². The fourth-order valence-corrected chi connectivity index (χ4v) is 3.77. The van der Waals surface area contributed by atoms with Gasteiger partial charge < -0.3 is 27.2 Å². The monoisotopic (exact) mass is 384 g/mol. The second-order valence-electron chi connectivity index (χ2n) is 7.56. The standard InChI is InChI=1S/C19H36N4O4/c1-12(24)16(9-11-21)22-19(27)17(13(2)25)23-18(26)15(8-10-20)14-6-4-3-5-7-14/h13-17,25H,3-11,20-21H2,1-2H3,(H,22,27)(H,23,26)/t13?,15?,16-,17-/m0/s1. The highest BCUT2D eigenvalue weighted by Gasteiger charge is 2.34. The van der Waals surface area contributed by atoms with E-state index in [2.05, 4.69) is 10.6 Å². The molecule has 0 radical (unpaired) electrons. The number of nitrogens with one attached hydrogen (secondary N) is 2. The Balaban J connectivity index is 2.81. The van der Waals surface area contributed by atoms with E-state index in [-0.39, 0.29) is 30.1 Å². The molecule has 1 aliphatic rings. The number of hydrogen-bond donors (Lipinski definition) is 5. The highest BCUT2D eigenvalue weighted by molar-refractivity contribution is 5.92. The zero-order chi connectivity index (χ0) is 20.4. The fourth-order valence-electron chi connectivity index (χ4n) is 3.77. The molecule has 156 valence electrons. The highest BCUT2D eigenvalue weighted by atomic mass is 16.3. The first-order chi connectivity index (χ1) is 12.8. The summed E-state index contributed by atoms with van der Waals surface area (Å²) in [6.45, 7) is 3.45. The predicted octanol–water partition coefficient (Wildman–Crippen LogP) is -0.180. The van der Waals surface area contributed by atoms with Crippen LogP contribution in [0.25, 0.3) is 0 Å². The van der Waals surface area contributed by atoms with Crippen molar-refractivity contribution >= 4 is 17.6 Å². The quantitative estimate of drug-likeness (QED) is 0.334. The van der Waals surface area contributed by atoms with Gasteiger partial charge in [0.15, 0.2) is 5.78 Å². The Labute approximate surface area is 161 Å². The molecule has 0 saturated heterocycles. The lowest BCUT2D eigenvalue weighted by Gasteiger charge is -2.31. The molecule has 2 amide bonds. The average Bonchev–Trinajstić information content (AvgIpc) is 2.63. The van der Waals surface area contributed by atoms with E-state index < -0.39 is 24.1 Å².